The van der Waals surface area contributed by atoms with Crippen molar-refractivity contribution in [3.8, 4) is 0 Å². The smallest absolute Gasteiger partial charge is 0.0930 e. The first-order valence-corrected chi connectivity index (χ1v) is 3.40. The van der Waals surface area contributed by atoms with Crippen LogP contribution in [-0.4, -0.2) is 41.5 Å². The van der Waals surface area contributed by atoms with Crippen molar-refractivity contribution < 1.29 is 20.1 Å². The highest BCUT2D eigenvalue weighted by Gasteiger charge is 2.30. The molecular weight excluding hydrogens is 150 g/mol. The van der Waals surface area contributed by atoms with Gasteiger partial charge in [-0.2, -0.15) is 0 Å². The van der Waals surface area contributed by atoms with Crippen LogP contribution >= 0.6 is 0 Å². The zero-order valence-corrected chi connectivity index (χ0v) is 5.86. The number of hydrogen-bond donors (Lipinski definition) is 3. The summed E-state index contributed by atoms with van der Waals surface area (Å²) in [5.41, 5.74) is 0. The molecule has 1 heterocycles. The number of aliphatic hydroxyl groups is 2. The van der Waals surface area contributed by atoms with Crippen LogP contribution in [0.15, 0.2) is 0 Å². The molecule has 0 bridgehead atoms. The van der Waals surface area contributed by atoms with E-state index in [0.29, 0.717) is 0 Å². The largest absolute Gasteiger partial charge is 0.550 e. The molecule has 1 saturated heterocycles. The first-order valence-electron chi connectivity index (χ1n) is 3.40. The summed E-state index contributed by atoms with van der Waals surface area (Å²) in [7, 11) is 0. The molecule has 3 N–H and O–H groups in total. The van der Waals surface area contributed by atoms with Gasteiger partial charge >= 0.3 is 0 Å². The van der Waals surface area contributed by atoms with Crippen LogP contribution in [0, 0.1) is 5.92 Å². The Morgan fingerprint density at radius 3 is 2.55 bits per heavy atom. The number of aliphatic hydroxyl groups excluding tert-OH is 2. The molecule has 0 aliphatic carbocycles. The minimum Gasteiger partial charge on any atom is -0.550 e. The van der Waals surface area contributed by atoms with Crippen LogP contribution in [0.2, 0.25) is 0 Å². The minimum atomic E-state index is -1.33. The fourth-order valence-electron chi connectivity index (χ4n) is 1.12. The van der Waals surface area contributed by atoms with Crippen LogP contribution in [0.3, 0.4) is 0 Å². The molecular formula is C6H10NO4-. The van der Waals surface area contributed by atoms with Gasteiger partial charge in [0.05, 0.1) is 12.2 Å². The Morgan fingerprint density at radius 2 is 2.09 bits per heavy atom. The van der Waals surface area contributed by atoms with Gasteiger partial charge in [-0.1, -0.05) is 0 Å². The highest BCUT2D eigenvalue weighted by Crippen LogP contribution is 2.10. The number of carboxylic acid groups (broad SMARTS) is 1. The molecule has 1 fully saturated rings. The summed E-state index contributed by atoms with van der Waals surface area (Å²) in [4.78, 5) is 10.3. The van der Waals surface area contributed by atoms with Crippen molar-refractivity contribution in [2.24, 2.45) is 5.92 Å². The topological polar surface area (TPSA) is 92.6 Å². The van der Waals surface area contributed by atoms with Gasteiger partial charge in [0.15, 0.2) is 0 Å². The van der Waals surface area contributed by atoms with Gasteiger partial charge < -0.3 is 25.4 Å². The molecule has 5 nitrogen and oxygen atoms in total. The summed E-state index contributed by atoms with van der Waals surface area (Å²) >= 11 is 0. The Morgan fingerprint density at radius 1 is 1.45 bits per heavy atom. The standard InChI is InChI=1S/C6H11NO4/c8-4-2-7-1-3(5(4)9)6(10)11/h3-5,7-9H,1-2H2,(H,10,11)/p-1/t3?,4-,5+/m1/s1. The van der Waals surface area contributed by atoms with E-state index in [1.54, 1.807) is 0 Å². The Balaban J connectivity index is 2.58. The lowest BCUT2D eigenvalue weighted by molar-refractivity contribution is -0.316. The molecule has 0 spiro atoms. The lowest BCUT2D eigenvalue weighted by atomic mass is 9.94. The van der Waals surface area contributed by atoms with Gasteiger partial charge in [0, 0.05) is 25.0 Å². The van der Waals surface area contributed by atoms with Gasteiger partial charge in [0.2, 0.25) is 0 Å². The Labute approximate surface area is 63.7 Å². The number of piperidine rings is 1. The highest BCUT2D eigenvalue weighted by atomic mass is 16.4. The zero-order chi connectivity index (χ0) is 8.43. The lowest BCUT2D eigenvalue weighted by Crippen LogP contribution is -2.56. The fraction of sp³-hybridized carbons (Fsp3) is 0.833. The number of carboxylic acids is 1. The van der Waals surface area contributed by atoms with Crippen molar-refractivity contribution in [2.75, 3.05) is 13.1 Å². The molecule has 1 aliphatic heterocycles. The molecule has 0 saturated carbocycles. The van der Waals surface area contributed by atoms with Gasteiger partial charge in [0.1, 0.15) is 0 Å². The summed E-state index contributed by atoms with van der Waals surface area (Å²) in [6.07, 6.45) is -2.21. The number of hydrogen-bond acceptors (Lipinski definition) is 5. The Kier molecular flexibility index (Phi) is 2.43. The summed E-state index contributed by atoms with van der Waals surface area (Å²) < 4.78 is 0. The second kappa shape index (κ2) is 3.17. The predicted octanol–water partition coefficient (Wildman–Crippen LogP) is -3.32. The monoisotopic (exact) mass is 160 g/mol. The molecule has 1 unspecified atom stereocenters. The number of β-amino-alcohol motifs (C(OH)–C–C–N with tert-alkyl or cyclic N) is 1. The number of carbonyl (C=O) groups excluding carboxylic acids is 1. The minimum absolute atomic E-state index is 0.153. The first kappa shape index (κ1) is 8.45. The molecule has 1 rings (SSSR count). The average molecular weight is 160 g/mol. The van der Waals surface area contributed by atoms with E-state index in [-0.39, 0.29) is 13.1 Å². The first-order chi connectivity index (χ1) is 5.13. The maximum Gasteiger partial charge on any atom is 0.0930 e. The summed E-state index contributed by atoms with van der Waals surface area (Å²) in [6, 6.07) is 0. The number of aliphatic carboxylic acids is 1. The number of rotatable bonds is 1. The molecule has 5 heteroatoms. The lowest BCUT2D eigenvalue weighted by Gasteiger charge is -2.32. The Hall–Kier alpha value is -0.650. The molecule has 0 aromatic rings. The van der Waals surface area contributed by atoms with E-state index in [0.717, 1.165) is 0 Å². The molecule has 0 amide bonds. The van der Waals surface area contributed by atoms with E-state index >= 15 is 0 Å². The van der Waals surface area contributed by atoms with Crippen LogP contribution in [0.5, 0.6) is 0 Å². The van der Waals surface area contributed by atoms with Gasteiger partial charge in [-0.3, -0.25) is 0 Å². The van der Waals surface area contributed by atoms with Crippen LogP contribution in [-0.2, 0) is 4.79 Å². The number of carbonyl (C=O) groups is 1. The normalized spacial score (nSPS) is 38.5. The van der Waals surface area contributed by atoms with Crippen molar-refractivity contribution in [3.63, 3.8) is 0 Å². The highest BCUT2D eigenvalue weighted by molar-refractivity contribution is 5.69. The molecule has 1 aliphatic rings. The van der Waals surface area contributed by atoms with Crippen molar-refractivity contribution >= 4 is 5.97 Å². The van der Waals surface area contributed by atoms with E-state index in [1.807, 2.05) is 0 Å². The molecule has 0 aromatic carbocycles. The quantitative estimate of drug-likeness (QED) is 0.373. The van der Waals surface area contributed by atoms with E-state index in [2.05, 4.69) is 5.32 Å². The van der Waals surface area contributed by atoms with E-state index in [9.17, 15) is 9.90 Å². The second-order valence-electron chi connectivity index (χ2n) is 2.64. The van der Waals surface area contributed by atoms with Crippen LogP contribution in [0.4, 0.5) is 0 Å². The molecule has 11 heavy (non-hydrogen) atoms. The average Bonchev–Trinajstić information content (AvgIpc) is 1.94. The molecule has 64 valence electrons. The van der Waals surface area contributed by atoms with Crippen LogP contribution in [0.25, 0.3) is 0 Å². The molecule has 3 atom stereocenters. The van der Waals surface area contributed by atoms with Gasteiger partial charge in [-0.15, -0.1) is 0 Å². The van der Waals surface area contributed by atoms with Crippen molar-refractivity contribution in [1.29, 1.82) is 0 Å². The van der Waals surface area contributed by atoms with Gasteiger partial charge in [-0.05, 0) is 0 Å². The Bertz CT molecular complexity index is 161. The van der Waals surface area contributed by atoms with Crippen molar-refractivity contribution in [2.45, 2.75) is 12.2 Å². The maximum absolute atomic E-state index is 10.3. The van der Waals surface area contributed by atoms with Crippen LogP contribution < -0.4 is 10.4 Å². The molecule has 0 aromatic heterocycles. The summed E-state index contributed by atoms with van der Waals surface area (Å²) in [6.45, 7) is 0.380. The van der Waals surface area contributed by atoms with Crippen LogP contribution in [0.1, 0.15) is 0 Å². The third-order valence-electron chi connectivity index (χ3n) is 1.83. The predicted molar refractivity (Wildman–Crippen MR) is 33.4 cm³/mol. The van der Waals surface area contributed by atoms with E-state index in [1.165, 1.54) is 0 Å². The second-order valence-corrected chi connectivity index (χ2v) is 2.64. The third kappa shape index (κ3) is 1.68. The van der Waals surface area contributed by atoms with E-state index < -0.39 is 24.1 Å². The zero-order valence-electron chi connectivity index (χ0n) is 5.86. The molecule has 0 radical (unpaired) electrons. The van der Waals surface area contributed by atoms with Gasteiger partial charge in [0.25, 0.3) is 0 Å². The van der Waals surface area contributed by atoms with Crippen molar-refractivity contribution in [3.05, 3.63) is 0 Å². The number of nitrogens with one attached hydrogen (secondary N) is 1. The van der Waals surface area contributed by atoms with E-state index in [4.69, 9.17) is 10.2 Å². The van der Waals surface area contributed by atoms with Gasteiger partial charge in [-0.25, -0.2) is 0 Å². The van der Waals surface area contributed by atoms with Crippen molar-refractivity contribution in [1.82, 2.24) is 5.32 Å². The SMILES string of the molecule is O=C([O-])C1CNC[C@@H](O)[C@H]1O. The maximum atomic E-state index is 10.3. The fourth-order valence-corrected chi connectivity index (χ4v) is 1.12. The summed E-state index contributed by atoms with van der Waals surface area (Å²) in [5, 5.41) is 31.0. The summed E-state index contributed by atoms with van der Waals surface area (Å²) in [5.74, 6) is -2.33. The third-order valence-corrected chi connectivity index (χ3v) is 1.83.